The molecule has 5 nitrogen and oxygen atoms in total. The molecule has 0 aliphatic rings. The molecule has 2 aromatic heterocycles. The largest absolute Gasteiger partial charge is 0.378 e. The highest BCUT2D eigenvalue weighted by Gasteiger charge is 2.20. The Balaban J connectivity index is 1.88. The molecule has 0 radical (unpaired) electrons. The zero-order chi connectivity index (χ0) is 20.5. The smallest absolute Gasteiger partial charge is 0.273 e. The van der Waals surface area contributed by atoms with Crippen molar-refractivity contribution < 1.29 is 4.79 Å². The van der Waals surface area contributed by atoms with Gasteiger partial charge in [0.15, 0.2) is 0 Å². The fraction of sp³-hybridized carbons (Fsp3) is 0.0870. The molecule has 0 spiro atoms. The van der Waals surface area contributed by atoms with E-state index < -0.39 is 0 Å². The number of aromatic nitrogens is 1. The number of nitrogens with zero attached hydrogens (tertiary/aromatic N) is 3. The van der Waals surface area contributed by atoms with Crippen molar-refractivity contribution in [2.45, 2.75) is 0 Å². The van der Waals surface area contributed by atoms with E-state index >= 15 is 0 Å². The SMILES string of the molecule is CN(C)c1ccc(/C=c2\sc3c(C#N)cc(C(=O)c4ccccc4)n3c2=O)cc1. The van der Waals surface area contributed by atoms with Gasteiger partial charge >= 0.3 is 0 Å². The average molecular weight is 399 g/mol. The summed E-state index contributed by atoms with van der Waals surface area (Å²) in [4.78, 5) is 28.5. The van der Waals surface area contributed by atoms with E-state index in [4.69, 9.17) is 0 Å². The summed E-state index contributed by atoms with van der Waals surface area (Å²) in [5, 5.41) is 9.49. The van der Waals surface area contributed by atoms with Crippen LogP contribution in [0.4, 0.5) is 5.69 Å². The summed E-state index contributed by atoms with van der Waals surface area (Å²) in [6, 6.07) is 20.2. The maximum absolute atomic E-state index is 13.1. The van der Waals surface area contributed by atoms with E-state index in [0.29, 0.717) is 20.5 Å². The molecule has 0 aliphatic heterocycles. The van der Waals surface area contributed by atoms with Gasteiger partial charge in [-0.05, 0) is 29.8 Å². The first-order chi connectivity index (χ1) is 14.0. The van der Waals surface area contributed by atoms with Gasteiger partial charge in [0.05, 0.1) is 15.8 Å². The van der Waals surface area contributed by atoms with Crippen LogP contribution in [0, 0.1) is 11.3 Å². The number of hydrogen-bond donors (Lipinski definition) is 0. The van der Waals surface area contributed by atoms with E-state index in [-0.39, 0.29) is 17.0 Å². The summed E-state index contributed by atoms with van der Waals surface area (Å²) in [5.41, 5.74) is 2.67. The Morgan fingerprint density at radius 2 is 1.79 bits per heavy atom. The molecule has 0 saturated heterocycles. The van der Waals surface area contributed by atoms with Crippen LogP contribution in [-0.4, -0.2) is 24.3 Å². The third-order valence-corrected chi connectivity index (χ3v) is 5.78. The molecule has 0 bridgehead atoms. The lowest BCUT2D eigenvalue weighted by atomic mass is 10.1. The second-order valence-corrected chi connectivity index (χ2v) is 7.82. The molecule has 4 aromatic rings. The number of rotatable bonds is 4. The number of ketones is 1. The fourth-order valence-electron chi connectivity index (χ4n) is 3.15. The molecule has 142 valence electrons. The van der Waals surface area contributed by atoms with Crippen molar-refractivity contribution in [2.24, 2.45) is 0 Å². The maximum atomic E-state index is 13.1. The molecule has 0 fully saturated rings. The van der Waals surface area contributed by atoms with E-state index in [2.05, 4.69) is 6.07 Å². The molecule has 0 amide bonds. The number of carbonyl (C=O) groups is 1. The van der Waals surface area contributed by atoms with Gasteiger partial charge < -0.3 is 4.90 Å². The van der Waals surface area contributed by atoms with Gasteiger partial charge in [0, 0.05) is 25.3 Å². The van der Waals surface area contributed by atoms with Crippen LogP contribution in [0.3, 0.4) is 0 Å². The normalized spacial score (nSPS) is 11.6. The third kappa shape index (κ3) is 3.33. The molecule has 0 atom stereocenters. The molecule has 0 saturated carbocycles. The van der Waals surface area contributed by atoms with Gasteiger partial charge in [0.2, 0.25) is 5.78 Å². The Morgan fingerprint density at radius 3 is 2.41 bits per heavy atom. The van der Waals surface area contributed by atoms with Gasteiger partial charge in [0.1, 0.15) is 10.9 Å². The first kappa shape index (κ1) is 18.7. The Morgan fingerprint density at radius 1 is 1.10 bits per heavy atom. The number of hydrogen-bond acceptors (Lipinski definition) is 5. The first-order valence-corrected chi connectivity index (χ1v) is 9.78. The van der Waals surface area contributed by atoms with Crippen molar-refractivity contribution in [1.29, 1.82) is 5.26 Å². The van der Waals surface area contributed by atoms with Gasteiger partial charge in [0.25, 0.3) is 5.56 Å². The predicted molar refractivity (Wildman–Crippen MR) is 116 cm³/mol. The van der Waals surface area contributed by atoms with E-state index in [9.17, 15) is 14.9 Å². The van der Waals surface area contributed by atoms with E-state index in [0.717, 1.165) is 11.3 Å². The predicted octanol–water partition coefficient (Wildman–Crippen LogP) is 3.08. The minimum Gasteiger partial charge on any atom is -0.378 e. The summed E-state index contributed by atoms with van der Waals surface area (Å²) >= 11 is 1.22. The lowest BCUT2D eigenvalue weighted by Crippen LogP contribution is -2.25. The van der Waals surface area contributed by atoms with Gasteiger partial charge in [-0.3, -0.25) is 14.0 Å². The Bertz CT molecular complexity index is 1360. The Kier molecular flexibility index (Phi) is 4.75. The van der Waals surface area contributed by atoms with Crippen LogP contribution in [-0.2, 0) is 0 Å². The lowest BCUT2D eigenvalue weighted by molar-refractivity contribution is 0.103. The minimum absolute atomic E-state index is 0.214. The standard InChI is InChI=1S/C23H17N3O2S/c1-25(2)18-10-8-15(9-11-18)12-20-22(28)26-19(13-17(14-24)23(26)29-20)21(27)16-6-4-3-5-7-16/h3-13H,1-2H3/b20-12-. The number of anilines is 1. The maximum Gasteiger partial charge on any atom is 0.273 e. The van der Waals surface area contributed by atoms with Gasteiger partial charge in [-0.1, -0.05) is 42.5 Å². The van der Waals surface area contributed by atoms with Crippen LogP contribution in [0.15, 0.2) is 65.5 Å². The molecule has 0 N–H and O–H groups in total. The van der Waals surface area contributed by atoms with Crippen LogP contribution >= 0.6 is 11.3 Å². The zero-order valence-electron chi connectivity index (χ0n) is 15.9. The highest BCUT2D eigenvalue weighted by molar-refractivity contribution is 7.15. The van der Waals surface area contributed by atoms with Crippen LogP contribution in [0.5, 0.6) is 0 Å². The summed E-state index contributed by atoms with van der Waals surface area (Å²) in [6.07, 6.45) is 1.79. The van der Waals surface area contributed by atoms with Crippen molar-refractivity contribution >= 4 is 33.7 Å². The second kappa shape index (κ2) is 7.38. The van der Waals surface area contributed by atoms with Crippen LogP contribution < -0.4 is 15.0 Å². The second-order valence-electron chi connectivity index (χ2n) is 6.79. The van der Waals surface area contributed by atoms with Crippen molar-refractivity contribution in [3.63, 3.8) is 0 Å². The molecule has 0 aliphatic carbocycles. The Labute approximate surface area is 171 Å². The van der Waals surface area contributed by atoms with Crippen molar-refractivity contribution in [1.82, 2.24) is 4.40 Å². The van der Waals surface area contributed by atoms with E-state index in [1.165, 1.54) is 21.8 Å². The molecule has 6 heteroatoms. The fourth-order valence-corrected chi connectivity index (χ4v) is 4.22. The molecule has 29 heavy (non-hydrogen) atoms. The number of thiazole rings is 1. The molecule has 0 unspecified atom stereocenters. The summed E-state index contributed by atoms with van der Waals surface area (Å²) in [7, 11) is 3.93. The Hall–Kier alpha value is -3.69. The molecule has 2 heterocycles. The summed E-state index contributed by atoms with van der Waals surface area (Å²) in [5.74, 6) is -0.279. The highest BCUT2D eigenvalue weighted by atomic mass is 32.1. The number of fused-ring (bicyclic) bond motifs is 1. The minimum atomic E-state index is -0.289. The van der Waals surface area contributed by atoms with Gasteiger partial charge in [-0.25, -0.2) is 0 Å². The van der Waals surface area contributed by atoms with E-state index in [1.54, 1.807) is 30.3 Å². The topological polar surface area (TPSA) is 65.6 Å². The molecule has 2 aromatic carbocycles. The third-order valence-electron chi connectivity index (χ3n) is 4.67. The number of carbonyl (C=O) groups excluding carboxylic acids is 1. The van der Waals surface area contributed by atoms with Crippen LogP contribution in [0.2, 0.25) is 0 Å². The first-order valence-electron chi connectivity index (χ1n) is 8.97. The lowest BCUT2D eigenvalue weighted by Gasteiger charge is -2.11. The molecular formula is C23H17N3O2S. The van der Waals surface area contributed by atoms with Gasteiger partial charge in [-0.15, -0.1) is 11.3 Å². The number of benzene rings is 2. The van der Waals surface area contributed by atoms with Crippen molar-refractivity contribution in [3.05, 3.63) is 97.9 Å². The molecule has 4 rings (SSSR count). The molecular weight excluding hydrogens is 382 g/mol. The van der Waals surface area contributed by atoms with Crippen LogP contribution in [0.1, 0.15) is 27.2 Å². The van der Waals surface area contributed by atoms with Gasteiger partial charge in [-0.2, -0.15) is 5.26 Å². The number of nitriles is 1. The van der Waals surface area contributed by atoms with Crippen LogP contribution in [0.25, 0.3) is 10.9 Å². The van der Waals surface area contributed by atoms with Crippen molar-refractivity contribution in [2.75, 3.05) is 19.0 Å². The monoisotopic (exact) mass is 399 g/mol. The van der Waals surface area contributed by atoms with E-state index in [1.807, 2.05) is 49.3 Å². The summed E-state index contributed by atoms with van der Waals surface area (Å²) in [6.45, 7) is 0. The quantitative estimate of drug-likeness (QED) is 0.495. The summed E-state index contributed by atoms with van der Waals surface area (Å²) < 4.78 is 1.84. The highest BCUT2D eigenvalue weighted by Crippen LogP contribution is 2.20. The zero-order valence-corrected chi connectivity index (χ0v) is 16.7. The van der Waals surface area contributed by atoms with Crippen molar-refractivity contribution in [3.8, 4) is 6.07 Å². The average Bonchev–Trinajstić information content (AvgIpc) is 3.26.